The fourth-order valence-electron chi connectivity index (χ4n) is 3.56. The number of carbonyl (C=O) groups excluding carboxylic acids is 1. The van der Waals surface area contributed by atoms with Gasteiger partial charge in [-0.2, -0.15) is 0 Å². The number of carbonyl (C=O) groups is 1. The molecule has 28 heavy (non-hydrogen) atoms. The van der Waals surface area contributed by atoms with E-state index in [1.165, 1.54) is 23.7 Å². The Balaban J connectivity index is 1.66. The summed E-state index contributed by atoms with van der Waals surface area (Å²) in [5.74, 6) is 1.35. The molecule has 1 amide bonds. The number of hydrogen-bond acceptors (Lipinski definition) is 4. The Bertz CT molecular complexity index is 968. The van der Waals surface area contributed by atoms with Gasteiger partial charge in [0.15, 0.2) is 5.82 Å². The smallest absolute Gasteiger partial charge is 0.232 e. The molecule has 1 aliphatic rings. The first-order chi connectivity index (χ1) is 13.7. The second kappa shape index (κ2) is 8.74. The van der Waals surface area contributed by atoms with Crippen LogP contribution in [-0.2, 0) is 11.2 Å². The third-order valence-corrected chi connectivity index (χ3v) is 6.18. The van der Waals surface area contributed by atoms with Gasteiger partial charge < -0.3 is 4.90 Å². The van der Waals surface area contributed by atoms with Gasteiger partial charge in [-0.25, -0.2) is 9.97 Å². The Morgan fingerprint density at radius 1 is 1.04 bits per heavy atom. The van der Waals surface area contributed by atoms with Crippen molar-refractivity contribution < 1.29 is 4.79 Å². The molecular formula is C23H25N3OS. The van der Waals surface area contributed by atoms with Gasteiger partial charge in [0, 0.05) is 24.0 Å². The molecule has 2 aromatic carbocycles. The summed E-state index contributed by atoms with van der Waals surface area (Å²) in [6.45, 7) is 3.92. The lowest BCUT2D eigenvalue weighted by molar-refractivity contribution is -0.129. The van der Waals surface area contributed by atoms with Gasteiger partial charge in [-0.05, 0) is 43.4 Å². The van der Waals surface area contributed by atoms with Crippen LogP contribution >= 0.6 is 11.8 Å². The highest BCUT2D eigenvalue weighted by Crippen LogP contribution is 2.29. The molecule has 0 radical (unpaired) electrons. The number of hydrogen-bond donors (Lipinski definition) is 0. The molecule has 1 aromatic heterocycles. The highest BCUT2D eigenvalue weighted by atomic mass is 32.2. The number of rotatable bonds is 5. The first kappa shape index (κ1) is 18.9. The molecule has 1 aliphatic heterocycles. The van der Waals surface area contributed by atoms with E-state index in [4.69, 9.17) is 9.97 Å². The standard InChI is InChI=1S/C23H25N3OS/c1-2-17-11-12-20-19(15-17)23(25-22(24-20)18-9-5-3-6-10-18)28-16-21(27)26-13-7-4-8-14-26/h3,5-6,9-12,15H,2,4,7-8,13-14,16H2,1H3. The largest absolute Gasteiger partial charge is 0.342 e. The number of amides is 1. The van der Waals surface area contributed by atoms with E-state index in [0.29, 0.717) is 11.6 Å². The SMILES string of the molecule is CCc1ccc2nc(-c3ccccc3)nc(SCC(=O)N3CCCCC3)c2c1. The number of benzene rings is 2. The zero-order valence-electron chi connectivity index (χ0n) is 16.2. The highest BCUT2D eigenvalue weighted by Gasteiger charge is 2.18. The van der Waals surface area contributed by atoms with E-state index >= 15 is 0 Å². The summed E-state index contributed by atoms with van der Waals surface area (Å²) < 4.78 is 0. The van der Waals surface area contributed by atoms with Crippen molar-refractivity contribution in [3.63, 3.8) is 0 Å². The Labute approximate surface area is 170 Å². The minimum atomic E-state index is 0.212. The van der Waals surface area contributed by atoms with E-state index < -0.39 is 0 Å². The lowest BCUT2D eigenvalue weighted by Crippen LogP contribution is -2.36. The minimum Gasteiger partial charge on any atom is -0.342 e. The molecule has 0 atom stereocenters. The predicted octanol–water partition coefficient (Wildman–Crippen LogP) is 4.96. The molecule has 0 spiro atoms. The number of aryl methyl sites for hydroxylation is 1. The molecule has 0 unspecified atom stereocenters. The average Bonchev–Trinajstić information content (AvgIpc) is 2.77. The van der Waals surface area contributed by atoms with E-state index in [-0.39, 0.29) is 5.91 Å². The summed E-state index contributed by atoms with van der Waals surface area (Å²) in [5.41, 5.74) is 3.18. The fraction of sp³-hybridized carbons (Fsp3) is 0.348. The Morgan fingerprint density at radius 3 is 2.57 bits per heavy atom. The molecule has 4 nitrogen and oxygen atoms in total. The van der Waals surface area contributed by atoms with Crippen LogP contribution in [0.3, 0.4) is 0 Å². The van der Waals surface area contributed by atoms with E-state index in [1.54, 1.807) is 0 Å². The molecule has 1 saturated heterocycles. The molecule has 0 saturated carbocycles. The summed E-state index contributed by atoms with van der Waals surface area (Å²) >= 11 is 1.54. The number of piperidine rings is 1. The molecule has 1 fully saturated rings. The highest BCUT2D eigenvalue weighted by molar-refractivity contribution is 8.00. The van der Waals surface area contributed by atoms with Gasteiger partial charge in [0.2, 0.25) is 5.91 Å². The third kappa shape index (κ3) is 4.20. The fourth-order valence-corrected chi connectivity index (χ4v) is 4.47. The van der Waals surface area contributed by atoms with Crippen molar-refractivity contribution in [3.05, 3.63) is 54.1 Å². The Morgan fingerprint density at radius 2 is 1.82 bits per heavy atom. The lowest BCUT2D eigenvalue weighted by atomic mass is 10.1. The van der Waals surface area contributed by atoms with Crippen molar-refractivity contribution in [1.82, 2.24) is 14.9 Å². The number of aromatic nitrogens is 2. The Kier molecular flexibility index (Phi) is 5.91. The molecule has 0 N–H and O–H groups in total. The van der Waals surface area contributed by atoms with Crippen LogP contribution in [0.4, 0.5) is 0 Å². The average molecular weight is 392 g/mol. The second-order valence-corrected chi connectivity index (χ2v) is 8.12. The monoisotopic (exact) mass is 391 g/mol. The van der Waals surface area contributed by atoms with Gasteiger partial charge in [-0.15, -0.1) is 0 Å². The summed E-state index contributed by atoms with van der Waals surface area (Å²) in [6.07, 6.45) is 4.43. The van der Waals surface area contributed by atoms with Crippen LogP contribution < -0.4 is 0 Å². The van der Waals surface area contributed by atoms with Crippen LogP contribution in [0.25, 0.3) is 22.3 Å². The van der Waals surface area contributed by atoms with Crippen LogP contribution in [0.15, 0.2) is 53.6 Å². The Hall–Kier alpha value is -2.40. The number of thioether (sulfide) groups is 1. The van der Waals surface area contributed by atoms with Gasteiger partial charge >= 0.3 is 0 Å². The van der Waals surface area contributed by atoms with Crippen LogP contribution in [-0.4, -0.2) is 39.6 Å². The zero-order valence-corrected chi connectivity index (χ0v) is 17.0. The maximum Gasteiger partial charge on any atom is 0.232 e. The number of nitrogens with zero attached hydrogens (tertiary/aromatic N) is 3. The zero-order chi connectivity index (χ0) is 19.3. The first-order valence-electron chi connectivity index (χ1n) is 10.0. The van der Waals surface area contributed by atoms with Gasteiger partial charge in [0.1, 0.15) is 5.03 Å². The summed E-state index contributed by atoms with van der Waals surface area (Å²) in [4.78, 5) is 24.3. The van der Waals surface area contributed by atoms with Crippen molar-refractivity contribution in [2.45, 2.75) is 37.6 Å². The van der Waals surface area contributed by atoms with Gasteiger partial charge in [-0.3, -0.25) is 4.79 Å². The summed E-state index contributed by atoms with van der Waals surface area (Å²) in [5, 5.41) is 1.93. The molecule has 4 rings (SSSR count). The number of likely N-dealkylation sites (tertiary alicyclic amines) is 1. The van der Waals surface area contributed by atoms with Crippen molar-refractivity contribution >= 4 is 28.6 Å². The van der Waals surface area contributed by atoms with Crippen LogP contribution in [0.1, 0.15) is 31.7 Å². The van der Waals surface area contributed by atoms with Crippen molar-refractivity contribution in [1.29, 1.82) is 0 Å². The van der Waals surface area contributed by atoms with Crippen molar-refractivity contribution in [2.75, 3.05) is 18.8 Å². The summed E-state index contributed by atoms with van der Waals surface area (Å²) in [6, 6.07) is 16.4. The molecule has 5 heteroatoms. The normalized spacial score (nSPS) is 14.4. The first-order valence-corrected chi connectivity index (χ1v) is 11.0. The quantitative estimate of drug-likeness (QED) is 0.455. The minimum absolute atomic E-state index is 0.212. The molecule has 144 valence electrons. The predicted molar refractivity (Wildman–Crippen MR) is 116 cm³/mol. The molecule has 3 aromatic rings. The van der Waals surface area contributed by atoms with E-state index in [1.807, 2.05) is 35.2 Å². The molecule has 2 heterocycles. The van der Waals surface area contributed by atoms with Gasteiger partial charge in [0.25, 0.3) is 0 Å². The van der Waals surface area contributed by atoms with Gasteiger partial charge in [0.05, 0.1) is 11.3 Å². The van der Waals surface area contributed by atoms with E-state index in [2.05, 4.69) is 25.1 Å². The van der Waals surface area contributed by atoms with E-state index in [9.17, 15) is 4.79 Å². The summed E-state index contributed by atoms with van der Waals surface area (Å²) in [7, 11) is 0. The molecule has 0 aliphatic carbocycles. The third-order valence-electron chi connectivity index (χ3n) is 5.21. The topological polar surface area (TPSA) is 46.1 Å². The van der Waals surface area contributed by atoms with Crippen LogP contribution in [0, 0.1) is 0 Å². The van der Waals surface area contributed by atoms with Crippen molar-refractivity contribution in [2.24, 2.45) is 0 Å². The molecule has 0 bridgehead atoms. The number of fused-ring (bicyclic) bond motifs is 1. The molecular weight excluding hydrogens is 366 g/mol. The van der Waals surface area contributed by atoms with Gasteiger partial charge in [-0.1, -0.05) is 55.1 Å². The van der Waals surface area contributed by atoms with Crippen LogP contribution in [0.2, 0.25) is 0 Å². The van der Waals surface area contributed by atoms with Crippen LogP contribution in [0.5, 0.6) is 0 Å². The van der Waals surface area contributed by atoms with E-state index in [0.717, 1.165) is 53.8 Å². The maximum absolute atomic E-state index is 12.6. The maximum atomic E-state index is 12.6. The van der Waals surface area contributed by atoms with Crippen molar-refractivity contribution in [3.8, 4) is 11.4 Å². The lowest BCUT2D eigenvalue weighted by Gasteiger charge is -2.26. The second-order valence-electron chi connectivity index (χ2n) is 7.15.